The molecule has 0 aromatic heterocycles. The summed E-state index contributed by atoms with van der Waals surface area (Å²) in [5.74, 6) is 0.623. The fourth-order valence-corrected chi connectivity index (χ4v) is 3.95. The van der Waals surface area contributed by atoms with E-state index in [1.54, 1.807) is 0 Å². The summed E-state index contributed by atoms with van der Waals surface area (Å²) in [6.45, 7) is 6.06. The Morgan fingerprint density at radius 3 is 2.38 bits per heavy atom. The van der Waals surface area contributed by atoms with Crippen molar-refractivity contribution in [1.29, 1.82) is 0 Å². The fourth-order valence-electron chi connectivity index (χ4n) is 3.82. The number of urea groups is 1. The molecule has 2 saturated heterocycles. The maximum Gasteiger partial charge on any atom is 0.315 e. The van der Waals surface area contributed by atoms with E-state index in [9.17, 15) is 4.79 Å². The summed E-state index contributed by atoms with van der Waals surface area (Å²) in [5, 5.41) is 7.01. The van der Waals surface area contributed by atoms with Crippen molar-refractivity contribution >= 4 is 17.6 Å². The zero-order valence-corrected chi connectivity index (χ0v) is 16.5. The maximum absolute atomic E-state index is 12.2. The maximum atomic E-state index is 12.2. The third-order valence-corrected chi connectivity index (χ3v) is 5.88. The Balaban J connectivity index is 1.32. The van der Waals surface area contributed by atoms with Crippen LogP contribution in [0.3, 0.4) is 0 Å². The molecule has 2 fully saturated rings. The molecule has 2 heterocycles. The molecule has 3 rings (SSSR count). The second-order valence-corrected chi connectivity index (χ2v) is 8.21. The van der Waals surface area contributed by atoms with E-state index in [-0.39, 0.29) is 12.1 Å². The summed E-state index contributed by atoms with van der Waals surface area (Å²) in [7, 11) is 2.16. The summed E-state index contributed by atoms with van der Waals surface area (Å²) >= 11 is 5.94. The van der Waals surface area contributed by atoms with Crippen molar-refractivity contribution < 1.29 is 4.79 Å². The Kier molecular flexibility index (Phi) is 7.17. The Morgan fingerprint density at radius 1 is 1.08 bits per heavy atom. The minimum atomic E-state index is 0.0000734. The van der Waals surface area contributed by atoms with Crippen LogP contribution >= 0.6 is 11.6 Å². The third kappa shape index (κ3) is 6.15. The number of nitrogens with zero attached hydrogens (tertiary/aromatic N) is 2. The van der Waals surface area contributed by atoms with Crippen LogP contribution in [-0.4, -0.2) is 61.6 Å². The number of amides is 2. The molecule has 2 aliphatic rings. The van der Waals surface area contributed by atoms with E-state index in [1.165, 1.54) is 18.4 Å². The van der Waals surface area contributed by atoms with Crippen molar-refractivity contribution in [2.75, 3.05) is 39.8 Å². The van der Waals surface area contributed by atoms with Crippen LogP contribution in [0, 0.1) is 5.92 Å². The highest BCUT2D eigenvalue weighted by atomic mass is 35.5. The van der Waals surface area contributed by atoms with Gasteiger partial charge in [0.1, 0.15) is 0 Å². The van der Waals surface area contributed by atoms with Gasteiger partial charge in [0.05, 0.1) is 0 Å². The molecular formula is C20H31ClN4O. The first-order valence-electron chi connectivity index (χ1n) is 9.78. The summed E-state index contributed by atoms with van der Waals surface area (Å²) in [6, 6.07) is 8.35. The Labute approximate surface area is 162 Å². The second kappa shape index (κ2) is 9.58. The molecule has 2 N–H and O–H groups in total. The van der Waals surface area contributed by atoms with E-state index in [0.717, 1.165) is 57.1 Å². The molecule has 5 nitrogen and oxygen atoms in total. The number of likely N-dealkylation sites (tertiary alicyclic amines) is 2. The van der Waals surface area contributed by atoms with Gasteiger partial charge in [0.2, 0.25) is 0 Å². The lowest BCUT2D eigenvalue weighted by atomic mass is 9.97. The highest BCUT2D eigenvalue weighted by Gasteiger charge is 2.22. The van der Waals surface area contributed by atoms with E-state index < -0.39 is 0 Å². The summed E-state index contributed by atoms with van der Waals surface area (Å²) in [6.07, 6.45) is 4.38. The minimum absolute atomic E-state index is 0.0000734. The minimum Gasteiger partial charge on any atom is -0.338 e. The van der Waals surface area contributed by atoms with Crippen LogP contribution in [0.1, 0.15) is 31.2 Å². The van der Waals surface area contributed by atoms with Gasteiger partial charge in [0, 0.05) is 37.2 Å². The standard InChI is InChI=1S/C20H31ClN4O/c1-24-10-6-16(7-11-24)14-22-20(26)23-19-8-12-25(13-9-19)15-17-2-4-18(21)5-3-17/h2-5,16,19H,6-15H2,1H3,(H2,22,23,26). The van der Waals surface area contributed by atoms with Gasteiger partial charge in [-0.2, -0.15) is 0 Å². The van der Waals surface area contributed by atoms with Gasteiger partial charge < -0.3 is 15.5 Å². The number of hydrogen-bond donors (Lipinski definition) is 2. The predicted octanol–water partition coefficient (Wildman–Crippen LogP) is 2.95. The average molecular weight is 379 g/mol. The molecule has 0 spiro atoms. The van der Waals surface area contributed by atoms with Crippen molar-refractivity contribution in [1.82, 2.24) is 20.4 Å². The van der Waals surface area contributed by atoms with Crippen molar-refractivity contribution in [2.24, 2.45) is 5.92 Å². The molecule has 144 valence electrons. The Bertz CT molecular complexity index is 564. The summed E-state index contributed by atoms with van der Waals surface area (Å²) in [5.41, 5.74) is 1.29. The van der Waals surface area contributed by atoms with Gasteiger partial charge in [-0.1, -0.05) is 23.7 Å². The number of benzene rings is 1. The third-order valence-electron chi connectivity index (χ3n) is 5.63. The van der Waals surface area contributed by atoms with Crippen molar-refractivity contribution in [3.63, 3.8) is 0 Å². The number of carbonyl (C=O) groups excluding carboxylic acids is 1. The van der Waals surface area contributed by atoms with E-state index in [4.69, 9.17) is 11.6 Å². The van der Waals surface area contributed by atoms with Crippen LogP contribution in [0.25, 0.3) is 0 Å². The molecule has 2 aliphatic heterocycles. The molecule has 0 saturated carbocycles. The fraction of sp³-hybridized carbons (Fsp3) is 0.650. The Hall–Kier alpha value is -1.30. The van der Waals surface area contributed by atoms with E-state index in [0.29, 0.717) is 5.92 Å². The van der Waals surface area contributed by atoms with Crippen LogP contribution in [0.5, 0.6) is 0 Å². The van der Waals surface area contributed by atoms with Gasteiger partial charge in [0.25, 0.3) is 0 Å². The van der Waals surface area contributed by atoms with Crippen LogP contribution in [-0.2, 0) is 6.54 Å². The largest absolute Gasteiger partial charge is 0.338 e. The molecule has 0 atom stereocenters. The van der Waals surface area contributed by atoms with Crippen LogP contribution in [0.2, 0.25) is 5.02 Å². The topological polar surface area (TPSA) is 47.6 Å². The predicted molar refractivity (Wildman–Crippen MR) is 107 cm³/mol. The van der Waals surface area contributed by atoms with Crippen LogP contribution in [0.15, 0.2) is 24.3 Å². The lowest BCUT2D eigenvalue weighted by Crippen LogP contribution is -2.48. The first-order chi connectivity index (χ1) is 12.6. The monoisotopic (exact) mass is 378 g/mol. The van der Waals surface area contributed by atoms with Gasteiger partial charge in [-0.3, -0.25) is 4.90 Å². The van der Waals surface area contributed by atoms with Crippen LogP contribution < -0.4 is 10.6 Å². The Morgan fingerprint density at radius 2 is 1.73 bits per heavy atom. The van der Waals surface area contributed by atoms with E-state index in [2.05, 4.69) is 39.6 Å². The first kappa shape index (κ1) is 19.5. The summed E-state index contributed by atoms with van der Waals surface area (Å²) in [4.78, 5) is 17.0. The van der Waals surface area contributed by atoms with Crippen molar-refractivity contribution in [3.8, 4) is 0 Å². The molecule has 0 aliphatic carbocycles. The zero-order chi connectivity index (χ0) is 18.4. The molecule has 0 unspecified atom stereocenters. The lowest BCUT2D eigenvalue weighted by molar-refractivity contribution is 0.183. The van der Waals surface area contributed by atoms with Crippen LogP contribution in [0.4, 0.5) is 4.79 Å². The van der Waals surface area contributed by atoms with Gasteiger partial charge in [-0.25, -0.2) is 4.79 Å². The van der Waals surface area contributed by atoms with Gasteiger partial charge in [0.15, 0.2) is 0 Å². The van der Waals surface area contributed by atoms with Gasteiger partial charge in [-0.15, -0.1) is 0 Å². The molecule has 2 amide bonds. The van der Waals surface area contributed by atoms with Crippen molar-refractivity contribution in [3.05, 3.63) is 34.9 Å². The zero-order valence-electron chi connectivity index (χ0n) is 15.7. The summed E-state index contributed by atoms with van der Waals surface area (Å²) < 4.78 is 0. The molecule has 0 bridgehead atoms. The molecule has 1 aromatic carbocycles. The number of nitrogens with one attached hydrogen (secondary N) is 2. The molecule has 6 heteroatoms. The average Bonchev–Trinajstić information content (AvgIpc) is 2.65. The SMILES string of the molecule is CN1CCC(CNC(=O)NC2CCN(Cc3ccc(Cl)cc3)CC2)CC1. The van der Waals surface area contributed by atoms with Gasteiger partial charge in [-0.05, 0) is 69.4 Å². The first-order valence-corrected chi connectivity index (χ1v) is 10.2. The molecule has 26 heavy (non-hydrogen) atoms. The van der Waals surface area contributed by atoms with Crippen molar-refractivity contribution in [2.45, 2.75) is 38.3 Å². The second-order valence-electron chi connectivity index (χ2n) is 7.78. The lowest BCUT2D eigenvalue weighted by Gasteiger charge is -2.33. The molecular weight excluding hydrogens is 348 g/mol. The number of hydrogen-bond acceptors (Lipinski definition) is 3. The number of rotatable bonds is 5. The van der Waals surface area contributed by atoms with E-state index >= 15 is 0 Å². The number of piperidine rings is 2. The molecule has 0 radical (unpaired) electrons. The normalized spacial score (nSPS) is 20.8. The smallest absolute Gasteiger partial charge is 0.315 e. The van der Waals surface area contributed by atoms with E-state index in [1.807, 2.05) is 12.1 Å². The molecule has 1 aromatic rings. The number of halogens is 1. The number of carbonyl (C=O) groups is 1. The highest BCUT2D eigenvalue weighted by molar-refractivity contribution is 6.30. The quantitative estimate of drug-likeness (QED) is 0.828. The highest BCUT2D eigenvalue weighted by Crippen LogP contribution is 2.17. The van der Waals surface area contributed by atoms with Gasteiger partial charge >= 0.3 is 6.03 Å².